The molecule has 86 valence electrons. The first-order valence-electron chi connectivity index (χ1n) is 4.23. The van der Waals surface area contributed by atoms with Gasteiger partial charge < -0.3 is 0 Å². The van der Waals surface area contributed by atoms with E-state index in [1.165, 1.54) is 0 Å². The molecule has 0 aliphatic heterocycles. The second-order valence-corrected chi connectivity index (χ2v) is 6.44. The molecule has 9 heteroatoms. The molecule has 0 bridgehead atoms. The van der Waals surface area contributed by atoms with Gasteiger partial charge in [-0.3, -0.25) is 0 Å². The van der Waals surface area contributed by atoms with Crippen LogP contribution in [0.5, 0.6) is 0 Å². The van der Waals surface area contributed by atoms with Gasteiger partial charge in [0, 0.05) is 0 Å². The molecule has 0 fully saturated rings. The number of carboxylic acid groups (broad SMARTS) is 2. The zero-order valence-electron chi connectivity index (χ0n) is 8.54. The minimum absolute atomic E-state index is 0.0286. The van der Waals surface area contributed by atoms with Crippen LogP contribution in [0.1, 0.15) is 20.7 Å². The molecule has 0 saturated heterocycles. The molecule has 0 aromatic heterocycles. The van der Waals surface area contributed by atoms with E-state index < -0.39 is 38.1 Å². The van der Waals surface area contributed by atoms with Crippen molar-refractivity contribution in [2.75, 3.05) is 0 Å². The number of carboxylic acids is 2. The number of carbonyl (C=O) groups is 2. The molecule has 0 heterocycles. The van der Waals surface area contributed by atoms with Crippen LogP contribution in [0.3, 0.4) is 0 Å². The van der Waals surface area contributed by atoms with Crippen LogP contribution in [0.2, 0.25) is 0 Å². The zero-order valence-corrected chi connectivity index (χ0v) is 12.5. The first-order chi connectivity index (χ1) is 7.64. The van der Waals surface area contributed by atoms with E-state index in [1.807, 2.05) is 0 Å². The summed E-state index contributed by atoms with van der Waals surface area (Å²) >= 11 is -0.0286. The second-order valence-electron chi connectivity index (χ2n) is 3.27. The van der Waals surface area contributed by atoms with E-state index >= 15 is 0 Å². The SMILES string of the molecule is O=C(O)c1c[c]([K])cc(C(=O)O)c1S(=O)(=O)O. The van der Waals surface area contributed by atoms with Crippen molar-refractivity contribution in [3.63, 3.8) is 0 Å². The molecule has 7 nitrogen and oxygen atoms in total. The summed E-state index contributed by atoms with van der Waals surface area (Å²) in [5.41, 5.74) is -1.45. The normalized spacial score (nSPS) is 11.2. The van der Waals surface area contributed by atoms with E-state index in [-0.39, 0.29) is 49.0 Å². The Hall–Kier alpha value is -0.294. The average molecular weight is 284 g/mol. The quantitative estimate of drug-likeness (QED) is 0.485. The van der Waals surface area contributed by atoms with Gasteiger partial charge in [0.1, 0.15) is 0 Å². The number of hydrogen-bond acceptors (Lipinski definition) is 4. The Balaban J connectivity index is 3.85. The summed E-state index contributed by atoms with van der Waals surface area (Å²) in [5.74, 6) is -3.21. The number of rotatable bonds is 3. The predicted molar refractivity (Wildman–Crippen MR) is 55.6 cm³/mol. The van der Waals surface area contributed by atoms with Crippen molar-refractivity contribution in [1.82, 2.24) is 0 Å². The predicted octanol–water partition coefficient (Wildman–Crippen LogP) is -0.876. The fraction of sp³-hybridized carbons (Fsp3) is 0. The van der Waals surface area contributed by atoms with Gasteiger partial charge in [0.05, 0.1) is 0 Å². The van der Waals surface area contributed by atoms with Crippen molar-refractivity contribution in [3.8, 4) is 0 Å². The van der Waals surface area contributed by atoms with Gasteiger partial charge in [-0.15, -0.1) is 0 Å². The summed E-state index contributed by atoms with van der Waals surface area (Å²) in [6.07, 6.45) is 0. The van der Waals surface area contributed by atoms with Crippen LogP contribution in [-0.2, 0) is 10.1 Å². The van der Waals surface area contributed by atoms with Gasteiger partial charge in [-0.1, -0.05) is 0 Å². The van der Waals surface area contributed by atoms with Crippen LogP contribution >= 0.6 is 0 Å². The van der Waals surface area contributed by atoms with Gasteiger partial charge >= 0.3 is 132 Å². The van der Waals surface area contributed by atoms with Gasteiger partial charge in [0.15, 0.2) is 0 Å². The van der Waals surface area contributed by atoms with Crippen LogP contribution < -0.4 is -0.342 Å². The van der Waals surface area contributed by atoms with Crippen molar-refractivity contribution in [2.24, 2.45) is 0 Å². The fourth-order valence-corrected chi connectivity index (χ4v) is 3.12. The summed E-state index contributed by atoms with van der Waals surface area (Å²) in [5, 5.41) is 17.6. The molecular weight excluding hydrogens is 279 g/mol. The van der Waals surface area contributed by atoms with Gasteiger partial charge in [-0.05, 0) is 0 Å². The number of benzene rings is 1. The van der Waals surface area contributed by atoms with E-state index in [1.54, 1.807) is 0 Å². The molecule has 0 radical (unpaired) electrons. The van der Waals surface area contributed by atoms with E-state index in [9.17, 15) is 18.0 Å². The molecule has 0 unspecified atom stereocenters. The molecule has 17 heavy (non-hydrogen) atoms. The molecule has 1 aromatic carbocycles. The summed E-state index contributed by atoms with van der Waals surface area (Å²) in [6.45, 7) is 0. The Kier molecular flexibility index (Phi) is 4.47. The Labute approximate surface area is 130 Å². The molecule has 1 rings (SSSR count). The van der Waals surface area contributed by atoms with Crippen LogP contribution in [0.25, 0.3) is 0 Å². The van der Waals surface area contributed by atoms with Gasteiger partial charge in [0.25, 0.3) is 0 Å². The van der Waals surface area contributed by atoms with E-state index in [2.05, 4.69) is 0 Å². The molecule has 1 aromatic rings. The monoisotopic (exact) mass is 284 g/mol. The fourth-order valence-electron chi connectivity index (χ4n) is 1.37. The van der Waals surface area contributed by atoms with E-state index in [0.717, 1.165) is 12.1 Å². The summed E-state index contributed by atoms with van der Waals surface area (Å²) in [7, 11) is -4.91. The minimum atomic E-state index is -4.91. The van der Waals surface area contributed by atoms with Gasteiger partial charge in [0.2, 0.25) is 0 Å². The van der Waals surface area contributed by atoms with Crippen molar-refractivity contribution < 1.29 is 32.8 Å². The van der Waals surface area contributed by atoms with Crippen LogP contribution in [-0.4, -0.2) is 84.1 Å². The Morgan fingerprint density at radius 2 is 1.41 bits per heavy atom. The standard InChI is InChI=1S/C8H5O7S.K/c9-7(10)4-2-1-3-5(8(11)12)6(4)16(13,14)15;/h2-3H,(H,9,10)(H,11,12)(H,13,14,15);. The third-order valence-electron chi connectivity index (χ3n) is 1.95. The third-order valence-corrected chi connectivity index (χ3v) is 3.81. The van der Waals surface area contributed by atoms with Crippen LogP contribution in [0, 0.1) is 0 Å². The summed E-state index contributed by atoms with van der Waals surface area (Å²) < 4.78 is 31.4. The molecule has 0 aliphatic carbocycles. The Morgan fingerprint density at radius 3 is 1.65 bits per heavy atom. The molecule has 0 saturated carbocycles. The maximum atomic E-state index is 11.0. The van der Waals surface area contributed by atoms with Crippen molar-refractivity contribution in [3.05, 3.63) is 23.3 Å². The van der Waals surface area contributed by atoms with Crippen molar-refractivity contribution in [1.29, 1.82) is 0 Å². The van der Waals surface area contributed by atoms with Gasteiger partial charge in [-0.2, -0.15) is 0 Å². The third kappa shape index (κ3) is 3.34. The summed E-state index contributed by atoms with van der Waals surface area (Å²) in [4.78, 5) is 20.6. The Bertz CT molecular complexity index is 569. The first kappa shape index (κ1) is 14.8. The molecule has 3 N–H and O–H groups in total. The van der Waals surface area contributed by atoms with E-state index in [4.69, 9.17) is 14.8 Å². The van der Waals surface area contributed by atoms with Crippen molar-refractivity contribution >= 4 is 70.7 Å². The van der Waals surface area contributed by atoms with Gasteiger partial charge in [-0.25, -0.2) is 0 Å². The molecular formula is C8H5KO7S. The first-order valence-corrected chi connectivity index (χ1v) is 7.23. The van der Waals surface area contributed by atoms with Crippen molar-refractivity contribution in [2.45, 2.75) is 4.90 Å². The molecule has 0 atom stereocenters. The average Bonchev–Trinajstić information content (AvgIpc) is 2.14. The molecule has 0 spiro atoms. The van der Waals surface area contributed by atoms with Crippen LogP contribution in [0.15, 0.2) is 17.0 Å². The second kappa shape index (κ2) is 5.14. The molecule has 0 aliphatic rings. The summed E-state index contributed by atoms with van der Waals surface area (Å²) in [6, 6.07) is 2.11. The van der Waals surface area contributed by atoms with E-state index in [0.29, 0.717) is -0.342 Å². The Morgan fingerprint density at radius 1 is 1.06 bits per heavy atom. The number of aromatic carboxylic acids is 2. The topological polar surface area (TPSA) is 129 Å². The number of hydrogen-bond donors (Lipinski definition) is 3. The molecule has 0 amide bonds. The van der Waals surface area contributed by atoms with Crippen LogP contribution in [0.4, 0.5) is 0 Å². The maximum absolute atomic E-state index is 11.0. The zero-order chi connectivity index (χ0) is 13.4.